The number of nitrogens with zero attached hydrogens (tertiary/aromatic N) is 2. The number of rotatable bonds is 6. The second kappa shape index (κ2) is 7.44. The van der Waals surface area contributed by atoms with Gasteiger partial charge < -0.3 is 9.42 Å². The quantitative estimate of drug-likeness (QED) is 0.813. The highest BCUT2D eigenvalue weighted by Gasteiger charge is 2.30. The van der Waals surface area contributed by atoms with Gasteiger partial charge in [-0.15, -0.1) is 0 Å². The zero-order chi connectivity index (χ0) is 16.1. The predicted molar refractivity (Wildman–Crippen MR) is 89.3 cm³/mol. The molecule has 3 rings (SSSR count). The number of benzene rings is 1. The average molecular weight is 312 g/mol. The van der Waals surface area contributed by atoms with Gasteiger partial charge in [0.15, 0.2) is 5.69 Å². The van der Waals surface area contributed by atoms with Crippen molar-refractivity contribution in [2.45, 2.75) is 51.5 Å². The number of aryl methyl sites for hydroxylation is 2. The molecule has 0 N–H and O–H groups in total. The Bertz CT molecular complexity index is 636. The van der Waals surface area contributed by atoms with Gasteiger partial charge in [-0.05, 0) is 37.7 Å². The summed E-state index contributed by atoms with van der Waals surface area (Å²) in [5.74, 6) is 0.822. The van der Waals surface area contributed by atoms with Crippen LogP contribution in [-0.4, -0.2) is 28.6 Å². The van der Waals surface area contributed by atoms with E-state index in [4.69, 9.17) is 4.52 Å². The fourth-order valence-electron chi connectivity index (χ4n) is 3.31. The van der Waals surface area contributed by atoms with Crippen LogP contribution >= 0.6 is 0 Å². The van der Waals surface area contributed by atoms with Crippen LogP contribution in [0.1, 0.15) is 54.4 Å². The van der Waals surface area contributed by atoms with E-state index in [2.05, 4.69) is 36.3 Å². The van der Waals surface area contributed by atoms with Crippen molar-refractivity contribution in [1.29, 1.82) is 0 Å². The SMILES string of the molecule is CCCc1cc(C(=O)N2CCC[C@H]2CCc2ccccc2)no1. The molecule has 1 amide bonds. The lowest BCUT2D eigenvalue weighted by molar-refractivity contribution is 0.0720. The summed E-state index contributed by atoms with van der Waals surface area (Å²) >= 11 is 0. The third kappa shape index (κ3) is 3.81. The van der Waals surface area contributed by atoms with E-state index in [1.54, 1.807) is 6.07 Å². The van der Waals surface area contributed by atoms with E-state index >= 15 is 0 Å². The van der Waals surface area contributed by atoms with Gasteiger partial charge in [0.1, 0.15) is 5.76 Å². The highest BCUT2D eigenvalue weighted by molar-refractivity contribution is 5.92. The Hall–Kier alpha value is -2.10. The van der Waals surface area contributed by atoms with Crippen molar-refractivity contribution in [2.24, 2.45) is 0 Å². The normalized spacial score (nSPS) is 17.6. The number of carbonyl (C=O) groups excluding carboxylic acids is 1. The highest BCUT2D eigenvalue weighted by atomic mass is 16.5. The molecule has 2 heterocycles. The Labute approximate surface area is 137 Å². The van der Waals surface area contributed by atoms with Crippen molar-refractivity contribution in [3.05, 3.63) is 53.4 Å². The van der Waals surface area contributed by atoms with Gasteiger partial charge in [0.05, 0.1) is 0 Å². The number of hydrogen-bond acceptors (Lipinski definition) is 3. The van der Waals surface area contributed by atoms with E-state index in [0.29, 0.717) is 11.7 Å². The molecule has 0 bridgehead atoms. The minimum Gasteiger partial charge on any atom is -0.361 e. The molecule has 4 heteroatoms. The largest absolute Gasteiger partial charge is 0.361 e. The van der Waals surface area contributed by atoms with Crippen LogP contribution in [0.25, 0.3) is 0 Å². The first-order valence-corrected chi connectivity index (χ1v) is 8.58. The lowest BCUT2D eigenvalue weighted by atomic mass is 10.0. The van der Waals surface area contributed by atoms with Crippen LogP contribution in [0.2, 0.25) is 0 Å². The average Bonchev–Trinajstić information content (AvgIpc) is 3.23. The minimum atomic E-state index is 0.0201. The van der Waals surface area contributed by atoms with Gasteiger partial charge in [-0.1, -0.05) is 42.4 Å². The van der Waals surface area contributed by atoms with Crippen molar-refractivity contribution in [1.82, 2.24) is 10.1 Å². The predicted octanol–water partition coefficient (Wildman–Crippen LogP) is 3.86. The van der Waals surface area contributed by atoms with Crippen molar-refractivity contribution in [3.8, 4) is 0 Å². The molecule has 0 saturated carbocycles. The molecule has 1 fully saturated rings. The fraction of sp³-hybridized carbons (Fsp3) is 0.474. The summed E-state index contributed by atoms with van der Waals surface area (Å²) in [6.07, 6.45) is 6.00. The molecule has 122 valence electrons. The van der Waals surface area contributed by atoms with Crippen LogP contribution in [0.5, 0.6) is 0 Å². The molecular formula is C19H24N2O2. The van der Waals surface area contributed by atoms with Gasteiger partial charge in [-0.2, -0.15) is 0 Å². The minimum absolute atomic E-state index is 0.0201. The maximum atomic E-state index is 12.7. The van der Waals surface area contributed by atoms with Crippen molar-refractivity contribution >= 4 is 5.91 Å². The molecule has 1 aliphatic rings. The summed E-state index contributed by atoms with van der Waals surface area (Å²) in [5, 5.41) is 3.97. The molecule has 4 nitrogen and oxygen atoms in total. The molecule has 1 atom stereocenters. The molecule has 1 saturated heterocycles. The molecule has 1 aromatic carbocycles. The summed E-state index contributed by atoms with van der Waals surface area (Å²) in [5.41, 5.74) is 1.79. The second-order valence-electron chi connectivity index (χ2n) is 6.25. The number of amides is 1. The molecule has 0 aliphatic carbocycles. The third-order valence-corrected chi connectivity index (χ3v) is 4.52. The molecule has 1 aromatic heterocycles. The monoisotopic (exact) mass is 312 g/mol. The van der Waals surface area contributed by atoms with Gasteiger partial charge in [-0.3, -0.25) is 4.79 Å². The van der Waals surface area contributed by atoms with Crippen molar-refractivity contribution in [3.63, 3.8) is 0 Å². The smallest absolute Gasteiger partial charge is 0.276 e. The number of aromatic nitrogens is 1. The highest BCUT2D eigenvalue weighted by Crippen LogP contribution is 2.24. The number of carbonyl (C=O) groups is 1. The molecular weight excluding hydrogens is 288 g/mol. The van der Waals surface area contributed by atoms with E-state index in [0.717, 1.165) is 50.8 Å². The Kier molecular flexibility index (Phi) is 5.11. The van der Waals surface area contributed by atoms with Crippen LogP contribution in [0, 0.1) is 0 Å². The van der Waals surface area contributed by atoms with Gasteiger partial charge in [-0.25, -0.2) is 0 Å². The van der Waals surface area contributed by atoms with Crippen LogP contribution in [0.3, 0.4) is 0 Å². The number of likely N-dealkylation sites (tertiary alicyclic amines) is 1. The Balaban J connectivity index is 1.62. The van der Waals surface area contributed by atoms with Gasteiger partial charge in [0, 0.05) is 25.1 Å². The maximum Gasteiger partial charge on any atom is 0.276 e. The van der Waals surface area contributed by atoms with E-state index in [9.17, 15) is 4.79 Å². The molecule has 23 heavy (non-hydrogen) atoms. The Morgan fingerprint density at radius 2 is 2.13 bits per heavy atom. The fourth-order valence-corrected chi connectivity index (χ4v) is 3.31. The summed E-state index contributed by atoms with van der Waals surface area (Å²) in [4.78, 5) is 14.7. The van der Waals surface area contributed by atoms with Gasteiger partial charge in [0.2, 0.25) is 0 Å². The first kappa shape index (κ1) is 15.8. The van der Waals surface area contributed by atoms with Gasteiger partial charge >= 0.3 is 0 Å². The lowest BCUT2D eigenvalue weighted by Crippen LogP contribution is -2.36. The Morgan fingerprint density at radius 1 is 1.30 bits per heavy atom. The third-order valence-electron chi connectivity index (χ3n) is 4.52. The lowest BCUT2D eigenvalue weighted by Gasteiger charge is -2.23. The number of hydrogen-bond donors (Lipinski definition) is 0. The van der Waals surface area contributed by atoms with Crippen LogP contribution in [0.15, 0.2) is 40.9 Å². The summed E-state index contributed by atoms with van der Waals surface area (Å²) in [6, 6.07) is 12.6. The van der Waals surface area contributed by atoms with E-state index < -0.39 is 0 Å². The maximum absolute atomic E-state index is 12.7. The zero-order valence-corrected chi connectivity index (χ0v) is 13.7. The summed E-state index contributed by atoms with van der Waals surface area (Å²) in [7, 11) is 0. The second-order valence-corrected chi connectivity index (χ2v) is 6.25. The molecule has 0 unspecified atom stereocenters. The van der Waals surface area contributed by atoms with Crippen LogP contribution in [0.4, 0.5) is 0 Å². The first-order chi connectivity index (χ1) is 11.3. The van der Waals surface area contributed by atoms with Gasteiger partial charge in [0.25, 0.3) is 5.91 Å². The van der Waals surface area contributed by atoms with Crippen molar-refractivity contribution < 1.29 is 9.32 Å². The van der Waals surface area contributed by atoms with Crippen LogP contribution in [-0.2, 0) is 12.8 Å². The topological polar surface area (TPSA) is 46.3 Å². The molecule has 1 aliphatic heterocycles. The Morgan fingerprint density at radius 3 is 2.91 bits per heavy atom. The summed E-state index contributed by atoms with van der Waals surface area (Å²) < 4.78 is 5.25. The van der Waals surface area contributed by atoms with E-state index in [-0.39, 0.29) is 5.91 Å². The van der Waals surface area contributed by atoms with Crippen LogP contribution < -0.4 is 0 Å². The zero-order valence-electron chi connectivity index (χ0n) is 13.7. The molecule has 0 radical (unpaired) electrons. The summed E-state index contributed by atoms with van der Waals surface area (Å²) in [6.45, 7) is 2.92. The van der Waals surface area contributed by atoms with E-state index in [1.165, 1.54) is 5.56 Å². The first-order valence-electron chi connectivity index (χ1n) is 8.58. The standard InChI is InChI=1S/C19H24N2O2/c1-2-7-17-14-18(20-23-17)19(22)21-13-6-10-16(21)12-11-15-8-4-3-5-9-15/h3-5,8-9,14,16H,2,6-7,10-13H2,1H3/t16-/m0/s1. The molecule has 0 spiro atoms. The molecule has 2 aromatic rings. The van der Waals surface area contributed by atoms with Crippen molar-refractivity contribution in [2.75, 3.05) is 6.54 Å². The van der Waals surface area contributed by atoms with E-state index in [1.807, 2.05) is 11.0 Å².